The molecule has 188 valence electrons. The first-order valence-corrected chi connectivity index (χ1v) is 12.1. The number of hydrogen-bond acceptors (Lipinski definition) is 3. The number of amides is 1. The van der Waals surface area contributed by atoms with Gasteiger partial charge in [0.15, 0.2) is 0 Å². The van der Waals surface area contributed by atoms with Crippen LogP contribution in [0.15, 0.2) is 72.8 Å². The van der Waals surface area contributed by atoms with Gasteiger partial charge in [-0.15, -0.1) is 0 Å². The third-order valence-electron chi connectivity index (χ3n) is 7.13. The lowest BCUT2D eigenvalue weighted by Gasteiger charge is -2.49. The number of carbonyl (C=O) groups is 1. The average molecular weight is 498 g/mol. The number of fused-ring (bicyclic) bond motifs is 3. The van der Waals surface area contributed by atoms with Gasteiger partial charge in [0.05, 0.1) is 17.5 Å². The lowest BCUT2D eigenvalue weighted by Crippen LogP contribution is -2.60. The number of hydrogen-bond donors (Lipinski definition) is 1. The number of benzene rings is 3. The van der Waals surface area contributed by atoms with Gasteiger partial charge in [-0.1, -0.05) is 30.3 Å². The second-order valence-corrected chi connectivity index (χ2v) is 9.44. The van der Waals surface area contributed by atoms with Crippen molar-refractivity contribution in [2.45, 2.75) is 25.1 Å². The van der Waals surface area contributed by atoms with E-state index in [9.17, 15) is 22.4 Å². The number of nitrogens with one attached hydrogen (secondary N) is 1. The van der Waals surface area contributed by atoms with E-state index in [1.807, 2.05) is 18.2 Å². The molecule has 2 atom stereocenters. The van der Waals surface area contributed by atoms with E-state index < -0.39 is 23.5 Å². The van der Waals surface area contributed by atoms with E-state index in [1.165, 1.54) is 35.9 Å². The maximum absolute atomic E-state index is 13.4. The zero-order chi connectivity index (χ0) is 25.3. The Bertz CT molecular complexity index is 1210. The molecule has 3 aromatic carbocycles. The van der Waals surface area contributed by atoms with Gasteiger partial charge in [-0.2, -0.15) is 13.2 Å². The molecule has 0 radical (unpaired) electrons. The number of rotatable bonds is 5. The third kappa shape index (κ3) is 5.23. The summed E-state index contributed by atoms with van der Waals surface area (Å²) >= 11 is 0. The number of nitrogens with zero attached hydrogens (tertiary/aromatic N) is 2. The summed E-state index contributed by atoms with van der Waals surface area (Å²) in [4.78, 5) is 17.8. The van der Waals surface area contributed by atoms with Crippen molar-refractivity contribution in [1.29, 1.82) is 0 Å². The van der Waals surface area contributed by atoms with Crippen molar-refractivity contribution in [2.24, 2.45) is 5.92 Å². The normalized spacial score (nSPS) is 19.9. The van der Waals surface area contributed by atoms with Gasteiger partial charge in [0, 0.05) is 37.6 Å². The molecule has 0 bridgehead atoms. The molecule has 4 nitrogen and oxygen atoms in total. The predicted molar refractivity (Wildman–Crippen MR) is 131 cm³/mol. The zero-order valence-corrected chi connectivity index (χ0v) is 19.6. The summed E-state index contributed by atoms with van der Waals surface area (Å²) in [5.41, 5.74) is 2.28. The van der Waals surface area contributed by atoms with E-state index in [0.29, 0.717) is 24.3 Å². The largest absolute Gasteiger partial charge is 0.416 e. The first-order chi connectivity index (χ1) is 17.3. The summed E-state index contributed by atoms with van der Waals surface area (Å²) in [6.45, 7) is 2.85. The molecule has 1 saturated heterocycles. The topological polar surface area (TPSA) is 35.6 Å². The van der Waals surface area contributed by atoms with Crippen LogP contribution in [0.5, 0.6) is 0 Å². The van der Waals surface area contributed by atoms with Crippen LogP contribution in [-0.4, -0.2) is 43.0 Å². The second kappa shape index (κ2) is 9.93. The lowest BCUT2D eigenvalue weighted by atomic mass is 9.82. The van der Waals surface area contributed by atoms with Gasteiger partial charge in [-0.3, -0.25) is 9.69 Å². The van der Waals surface area contributed by atoms with Crippen molar-refractivity contribution in [1.82, 2.24) is 4.90 Å². The number of halogens is 4. The Kier molecular flexibility index (Phi) is 6.71. The molecule has 5 rings (SSSR count). The Labute approximate surface area is 207 Å². The van der Waals surface area contributed by atoms with Crippen molar-refractivity contribution in [2.75, 3.05) is 36.4 Å². The van der Waals surface area contributed by atoms with Gasteiger partial charge in [-0.25, -0.2) is 4.39 Å². The molecule has 0 spiro atoms. The van der Waals surface area contributed by atoms with Gasteiger partial charge in [0.2, 0.25) is 5.91 Å². The average Bonchev–Trinajstić information content (AvgIpc) is 2.88. The van der Waals surface area contributed by atoms with Gasteiger partial charge in [-0.05, 0) is 66.4 Å². The highest BCUT2D eigenvalue weighted by Gasteiger charge is 2.42. The Hall–Kier alpha value is -3.39. The van der Waals surface area contributed by atoms with Crippen LogP contribution in [0.4, 0.5) is 28.9 Å². The van der Waals surface area contributed by atoms with Crippen LogP contribution in [0.3, 0.4) is 0 Å². The molecule has 36 heavy (non-hydrogen) atoms. The van der Waals surface area contributed by atoms with Crippen molar-refractivity contribution < 1.29 is 22.4 Å². The molecule has 0 saturated carbocycles. The molecule has 3 aromatic rings. The van der Waals surface area contributed by atoms with Crippen LogP contribution >= 0.6 is 0 Å². The van der Waals surface area contributed by atoms with E-state index in [2.05, 4.69) is 27.2 Å². The van der Waals surface area contributed by atoms with Crippen LogP contribution in [0.25, 0.3) is 0 Å². The smallest absolute Gasteiger partial charge is 0.365 e. The summed E-state index contributed by atoms with van der Waals surface area (Å²) < 4.78 is 53.6. The quantitative estimate of drug-likeness (QED) is 0.481. The molecule has 1 N–H and O–H groups in total. The van der Waals surface area contributed by atoms with Crippen LogP contribution in [0, 0.1) is 11.7 Å². The summed E-state index contributed by atoms with van der Waals surface area (Å²) in [7, 11) is 0. The molecule has 2 aliphatic heterocycles. The molecule has 0 aromatic heterocycles. The standard InChI is InChI=1S/C28H27F4N3O/c29-22-7-9-23(10-8-22)33-27(36)24-17-20-16-21(28(30,31)32)6-11-25(20)35-15-14-34(18-26(24)35)13-12-19-4-2-1-3-5-19/h1-11,16,24,26H,12-15,17-18H2,(H,33,36). The summed E-state index contributed by atoms with van der Waals surface area (Å²) in [6, 6.07) is 19.3. The SMILES string of the molecule is O=C(Nc1ccc(F)cc1)C1Cc2cc(C(F)(F)F)ccc2N2CCN(CCc3ccccc3)CC12. The lowest BCUT2D eigenvalue weighted by molar-refractivity contribution is -0.137. The van der Waals surface area contributed by atoms with E-state index in [0.717, 1.165) is 31.3 Å². The van der Waals surface area contributed by atoms with E-state index in [-0.39, 0.29) is 18.4 Å². The molecule has 0 aliphatic carbocycles. The Morgan fingerprint density at radius 1 is 0.972 bits per heavy atom. The molecule has 1 fully saturated rings. The summed E-state index contributed by atoms with van der Waals surface area (Å²) in [5, 5.41) is 2.85. The third-order valence-corrected chi connectivity index (χ3v) is 7.13. The highest BCUT2D eigenvalue weighted by Crippen LogP contribution is 2.40. The second-order valence-electron chi connectivity index (χ2n) is 9.44. The van der Waals surface area contributed by atoms with Crippen molar-refractivity contribution in [3.63, 3.8) is 0 Å². The van der Waals surface area contributed by atoms with Gasteiger partial charge >= 0.3 is 6.18 Å². The van der Waals surface area contributed by atoms with Crippen LogP contribution in [-0.2, 0) is 23.8 Å². The minimum atomic E-state index is -4.45. The maximum atomic E-state index is 13.4. The molecule has 2 aliphatic rings. The number of carbonyl (C=O) groups excluding carboxylic acids is 1. The van der Waals surface area contributed by atoms with Crippen LogP contribution in [0.1, 0.15) is 16.7 Å². The molecular formula is C28H27F4N3O. The van der Waals surface area contributed by atoms with Gasteiger partial charge in [0.1, 0.15) is 5.82 Å². The van der Waals surface area contributed by atoms with E-state index >= 15 is 0 Å². The molecule has 8 heteroatoms. The molecular weight excluding hydrogens is 470 g/mol. The first kappa shape index (κ1) is 24.3. The highest BCUT2D eigenvalue weighted by atomic mass is 19.4. The highest BCUT2D eigenvalue weighted by molar-refractivity contribution is 5.94. The fourth-order valence-electron chi connectivity index (χ4n) is 5.26. The van der Waals surface area contributed by atoms with Gasteiger partial charge in [0.25, 0.3) is 0 Å². The Morgan fingerprint density at radius 3 is 2.44 bits per heavy atom. The predicted octanol–water partition coefficient (Wildman–Crippen LogP) is 5.39. The molecule has 2 heterocycles. The summed E-state index contributed by atoms with van der Waals surface area (Å²) in [6.07, 6.45) is -3.36. The summed E-state index contributed by atoms with van der Waals surface area (Å²) in [5.74, 6) is -1.23. The monoisotopic (exact) mass is 497 g/mol. The van der Waals surface area contributed by atoms with Crippen LogP contribution in [0.2, 0.25) is 0 Å². The minimum Gasteiger partial charge on any atom is -0.365 e. The Balaban J connectivity index is 1.40. The fraction of sp³-hybridized carbons (Fsp3) is 0.321. The van der Waals surface area contributed by atoms with Gasteiger partial charge < -0.3 is 10.2 Å². The Morgan fingerprint density at radius 2 is 1.72 bits per heavy atom. The zero-order valence-electron chi connectivity index (χ0n) is 19.6. The fourth-order valence-corrected chi connectivity index (χ4v) is 5.26. The maximum Gasteiger partial charge on any atom is 0.416 e. The minimum absolute atomic E-state index is 0.181. The number of anilines is 2. The number of piperazine rings is 1. The number of alkyl halides is 3. The molecule has 1 amide bonds. The molecule has 2 unspecified atom stereocenters. The first-order valence-electron chi connectivity index (χ1n) is 12.1. The van der Waals surface area contributed by atoms with Crippen molar-refractivity contribution in [3.8, 4) is 0 Å². The van der Waals surface area contributed by atoms with Crippen molar-refractivity contribution in [3.05, 3.63) is 95.3 Å². The van der Waals surface area contributed by atoms with E-state index in [1.54, 1.807) is 6.07 Å². The van der Waals surface area contributed by atoms with Crippen LogP contribution < -0.4 is 10.2 Å². The van der Waals surface area contributed by atoms with Crippen molar-refractivity contribution >= 4 is 17.3 Å². The van der Waals surface area contributed by atoms with E-state index in [4.69, 9.17) is 0 Å².